The summed E-state index contributed by atoms with van der Waals surface area (Å²) in [6.45, 7) is 9.87. The predicted molar refractivity (Wildman–Crippen MR) is 130 cm³/mol. The molecule has 0 saturated heterocycles. The van der Waals surface area contributed by atoms with Gasteiger partial charge in [0.1, 0.15) is 0 Å². The number of unbranched alkanes of at least 4 members (excludes halogenated alkanes) is 1. The molecule has 0 aromatic heterocycles. The van der Waals surface area contributed by atoms with E-state index >= 15 is 0 Å². The molecule has 2 rings (SSSR count). The third-order valence-corrected chi connectivity index (χ3v) is 5.39. The second-order valence-electron chi connectivity index (χ2n) is 8.24. The normalized spacial score (nSPS) is 12.1. The fourth-order valence-electron chi connectivity index (χ4n) is 3.37. The van der Waals surface area contributed by atoms with E-state index in [1.165, 1.54) is 11.1 Å². The standard InChI is InChI=1S/C27H40N2O3/c1-3-4-16-28-27(30)24(2)15-18-31-20-21-32-19-17-29(22-25-11-7-5-8-12-25)23-26-13-9-6-10-14-26/h5-14,24H,3-4,15-23H2,1-2H3,(H,28,30). The zero-order valence-electron chi connectivity index (χ0n) is 19.8. The first-order valence-electron chi connectivity index (χ1n) is 11.9. The minimum absolute atomic E-state index is 0.0164. The van der Waals surface area contributed by atoms with Gasteiger partial charge in [-0.25, -0.2) is 0 Å². The van der Waals surface area contributed by atoms with Crippen LogP contribution in [-0.2, 0) is 27.4 Å². The van der Waals surface area contributed by atoms with Crippen LogP contribution in [0.3, 0.4) is 0 Å². The number of hydrogen-bond donors (Lipinski definition) is 1. The molecule has 0 fully saturated rings. The van der Waals surface area contributed by atoms with Gasteiger partial charge in [0.25, 0.3) is 0 Å². The fourth-order valence-corrected chi connectivity index (χ4v) is 3.37. The van der Waals surface area contributed by atoms with Gasteiger partial charge in [-0.2, -0.15) is 0 Å². The molecule has 0 saturated carbocycles. The van der Waals surface area contributed by atoms with E-state index < -0.39 is 0 Å². The van der Waals surface area contributed by atoms with E-state index in [1.807, 2.05) is 19.1 Å². The van der Waals surface area contributed by atoms with Crippen molar-refractivity contribution >= 4 is 5.91 Å². The molecule has 1 amide bonds. The fraction of sp³-hybridized carbons (Fsp3) is 0.519. The number of benzene rings is 2. The zero-order valence-corrected chi connectivity index (χ0v) is 19.8. The van der Waals surface area contributed by atoms with Crippen LogP contribution in [0.5, 0.6) is 0 Å². The minimum Gasteiger partial charge on any atom is -0.379 e. The Morgan fingerprint density at radius 1 is 0.875 bits per heavy atom. The molecule has 5 nitrogen and oxygen atoms in total. The van der Waals surface area contributed by atoms with Crippen molar-refractivity contribution in [1.82, 2.24) is 10.2 Å². The molecule has 0 aliphatic rings. The lowest BCUT2D eigenvalue weighted by atomic mass is 10.1. The molecule has 0 bridgehead atoms. The van der Waals surface area contributed by atoms with Crippen LogP contribution in [0.4, 0.5) is 0 Å². The van der Waals surface area contributed by atoms with E-state index in [2.05, 4.69) is 65.7 Å². The lowest BCUT2D eigenvalue weighted by molar-refractivity contribution is -0.125. The first-order chi connectivity index (χ1) is 15.7. The van der Waals surface area contributed by atoms with E-state index in [4.69, 9.17) is 9.47 Å². The summed E-state index contributed by atoms with van der Waals surface area (Å²) in [6.07, 6.45) is 2.86. The van der Waals surface area contributed by atoms with Crippen LogP contribution in [0.2, 0.25) is 0 Å². The van der Waals surface area contributed by atoms with Crippen molar-refractivity contribution in [3.8, 4) is 0 Å². The number of carbonyl (C=O) groups excluding carboxylic acids is 1. The minimum atomic E-state index is -0.0164. The van der Waals surface area contributed by atoms with Crippen LogP contribution in [0, 0.1) is 5.92 Å². The van der Waals surface area contributed by atoms with Gasteiger partial charge in [0.2, 0.25) is 5.91 Å². The highest BCUT2D eigenvalue weighted by molar-refractivity contribution is 5.78. The average Bonchev–Trinajstić information content (AvgIpc) is 2.82. The van der Waals surface area contributed by atoms with Crippen molar-refractivity contribution in [2.75, 3.05) is 39.5 Å². The van der Waals surface area contributed by atoms with Crippen molar-refractivity contribution < 1.29 is 14.3 Å². The maximum absolute atomic E-state index is 12.0. The van der Waals surface area contributed by atoms with Gasteiger partial charge in [-0.3, -0.25) is 9.69 Å². The number of hydrogen-bond acceptors (Lipinski definition) is 4. The van der Waals surface area contributed by atoms with Crippen LogP contribution >= 0.6 is 0 Å². The molecule has 2 aromatic rings. The van der Waals surface area contributed by atoms with Crippen molar-refractivity contribution in [1.29, 1.82) is 0 Å². The van der Waals surface area contributed by atoms with Crippen molar-refractivity contribution in [3.05, 3.63) is 71.8 Å². The summed E-state index contributed by atoms with van der Waals surface area (Å²) in [5.41, 5.74) is 2.61. The highest BCUT2D eigenvalue weighted by Gasteiger charge is 2.11. The van der Waals surface area contributed by atoms with E-state index in [0.717, 1.165) is 45.4 Å². The molecule has 5 heteroatoms. The Bertz CT molecular complexity index is 683. The number of nitrogens with zero attached hydrogens (tertiary/aromatic N) is 1. The van der Waals surface area contributed by atoms with E-state index in [9.17, 15) is 4.79 Å². The molecule has 32 heavy (non-hydrogen) atoms. The van der Waals surface area contributed by atoms with Gasteiger partial charge < -0.3 is 14.8 Å². The Labute approximate surface area is 194 Å². The molecule has 1 atom stereocenters. The van der Waals surface area contributed by atoms with Crippen molar-refractivity contribution in [2.24, 2.45) is 5.92 Å². The van der Waals surface area contributed by atoms with Gasteiger partial charge in [-0.05, 0) is 24.0 Å². The Hall–Kier alpha value is -2.21. The largest absolute Gasteiger partial charge is 0.379 e. The highest BCUT2D eigenvalue weighted by atomic mass is 16.5. The summed E-state index contributed by atoms with van der Waals surface area (Å²) in [5.74, 6) is 0.104. The molecule has 1 unspecified atom stereocenters. The Morgan fingerprint density at radius 2 is 1.44 bits per heavy atom. The highest BCUT2D eigenvalue weighted by Crippen LogP contribution is 2.10. The van der Waals surface area contributed by atoms with E-state index in [1.54, 1.807) is 0 Å². The maximum Gasteiger partial charge on any atom is 0.222 e. The molecule has 2 aromatic carbocycles. The number of carbonyl (C=O) groups is 1. The smallest absolute Gasteiger partial charge is 0.222 e. The third-order valence-electron chi connectivity index (χ3n) is 5.39. The van der Waals surface area contributed by atoms with E-state index in [-0.39, 0.29) is 11.8 Å². The van der Waals surface area contributed by atoms with Crippen molar-refractivity contribution in [3.63, 3.8) is 0 Å². The molecular formula is C27H40N2O3. The van der Waals surface area contributed by atoms with Gasteiger partial charge in [-0.1, -0.05) is 80.9 Å². The molecule has 0 spiro atoms. The van der Waals surface area contributed by atoms with Crippen LogP contribution < -0.4 is 5.32 Å². The van der Waals surface area contributed by atoms with Crippen LogP contribution in [0.15, 0.2) is 60.7 Å². The average molecular weight is 441 g/mol. The molecule has 0 radical (unpaired) electrons. The predicted octanol–water partition coefficient (Wildman–Crippen LogP) is 4.66. The topological polar surface area (TPSA) is 50.8 Å². The molecule has 0 aliphatic carbocycles. The number of rotatable bonds is 17. The number of amides is 1. The second kappa shape index (κ2) is 16.4. The number of nitrogens with one attached hydrogen (secondary N) is 1. The second-order valence-corrected chi connectivity index (χ2v) is 8.24. The third kappa shape index (κ3) is 11.4. The lowest BCUT2D eigenvalue weighted by Gasteiger charge is -2.22. The Balaban J connectivity index is 1.60. The molecule has 176 valence electrons. The Morgan fingerprint density at radius 3 is 2.00 bits per heavy atom. The van der Waals surface area contributed by atoms with Crippen molar-refractivity contribution in [2.45, 2.75) is 46.2 Å². The van der Waals surface area contributed by atoms with Crippen LogP contribution in [0.1, 0.15) is 44.2 Å². The summed E-state index contributed by atoms with van der Waals surface area (Å²) < 4.78 is 11.5. The number of ether oxygens (including phenoxy) is 2. The van der Waals surface area contributed by atoms with Gasteiger partial charge >= 0.3 is 0 Å². The Kier molecular flexibility index (Phi) is 13.4. The van der Waals surface area contributed by atoms with Gasteiger partial charge in [0, 0.05) is 38.7 Å². The summed E-state index contributed by atoms with van der Waals surface area (Å²) in [4.78, 5) is 14.4. The molecular weight excluding hydrogens is 400 g/mol. The summed E-state index contributed by atoms with van der Waals surface area (Å²) in [5, 5.41) is 2.97. The molecule has 0 aliphatic heterocycles. The van der Waals surface area contributed by atoms with Crippen LogP contribution in [-0.4, -0.2) is 50.3 Å². The summed E-state index contributed by atoms with van der Waals surface area (Å²) >= 11 is 0. The van der Waals surface area contributed by atoms with Gasteiger partial charge in [0.05, 0.1) is 19.8 Å². The molecule has 1 N–H and O–H groups in total. The monoisotopic (exact) mass is 440 g/mol. The zero-order chi connectivity index (χ0) is 22.9. The SMILES string of the molecule is CCCCNC(=O)C(C)CCOCCOCCN(Cc1ccccc1)Cc1ccccc1. The first kappa shape index (κ1) is 26.0. The first-order valence-corrected chi connectivity index (χ1v) is 11.9. The summed E-state index contributed by atoms with van der Waals surface area (Å²) in [6, 6.07) is 21.1. The van der Waals surface area contributed by atoms with E-state index in [0.29, 0.717) is 26.4 Å². The van der Waals surface area contributed by atoms with Gasteiger partial charge in [-0.15, -0.1) is 0 Å². The lowest BCUT2D eigenvalue weighted by Crippen LogP contribution is -2.30. The summed E-state index contributed by atoms with van der Waals surface area (Å²) in [7, 11) is 0. The van der Waals surface area contributed by atoms with Gasteiger partial charge in [0.15, 0.2) is 0 Å². The van der Waals surface area contributed by atoms with Crippen LogP contribution in [0.25, 0.3) is 0 Å². The quantitative estimate of drug-likeness (QED) is 0.363. The maximum atomic E-state index is 12.0. The molecule has 0 heterocycles.